The Morgan fingerprint density at radius 2 is 1.96 bits per heavy atom. The molecule has 1 aliphatic heterocycles. The molecule has 3 rings (SSSR count). The van der Waals surface area contributed by atoms with Crippen LogP contribution in [0.5, 0.6) is 5.75 Å². The third-order valence-electron chi connectivity index (χ3n) is 4.97. The van der Waals surface area contributed by atoms with Crippen LogP contribution in [0.25, 0.3) is 0 Å². The molecule has 1 spiro atoms. The van der Waals surface area contributed by atoms with Crippen LogP contribution in [0, 0.1) is 5.92 Å². The number of para-hydroxylation sites is 1. The van der Waals surface area contributed by atoms with Gasteiger partial charge in [0.1, 0.15) is 11.3 Å². The van der Waals surface area contributed by atoms with Crippen molar-refractivity contribution in [2.75, 3.05) is 6.61 Å². The zero-order chi connectivity index (χ0) is 16.4. The Morgan fingerprint density at radius 1 is 1.26 bits per heavy atom. The number of ether oxygens (including phenoxy) is 1. The van der Waals surface area contributed by atoms with Crippen LogP contribution >= 0.6 is 0 Å². The molecule has 5 heteroatoms. The van der Waals surface area contributed by atoms with E-state index in [2.05, 4.69) is 12.2 Å². The number of carbonyl (C=O) groups is 2. The normalized spacial score (nSPS) is 27.4. The lowest BCUT2D eigenvalue weighted by Crippen LogP contribution is -2.49. The van der Waals surface area contributed by atoms with Gasteiger partial charge in [0.25, 0.3) is 5.91 Å². The largest absolute Gasteiger partial charge is 0.494 e. The van der Waals surface area contributed by atoms with E-state index in [4.69, 9.17) is 4.74 Å². The van der Waals surface area contributed by atoms with Gasteiger partial charge in [-0.3, -0.25) is 9.69 Å². The van der Waals surface area contributed by atoms with Crippen LogP contribution in [0.1, 0.15) is 45.1 Å². The fourth-order valence-corrected chi connectivity index (χ4v) is 3.51. The summed E-state index contributed by atoms with van der Waals surface area (Å²) >= 11 is 0. The second-order valence-corrected chi connectivity index (χ2v) is 6.63. The van der Waals surface area contributed by atoms with Crippen LogP contribution in [0.3, 0.4) is 0 Å². The Balaban J connectivity index is 1.79. The molecule has 1 aromatic rings. The minimum atomic E-state index is -0.676. The Labute approximate surface area is 137 Å². The van der Waals surface area contributed by atoms with Crippen molar-refractivity contribution in [2.24, 2.45) is 5.92 Å². The number of amides is 3. The summed E-state index contributed by atoms with van der Waals surface area (Å²) in [6.07, 6.45) is 3.44. The third-order valence-corrected chi connectivity index (χ3v) is 4.97. The molecule has 0 atom stereocenters. The molecule has 5 nitrogen and oxygen atoms in total. The maximum Gasteiger partial charge on any atom is 0.325 e. The Hall–Kier alpha value is -2.04. The highest BCUT2D eigenvalue weighted by Crippen LogP contribution is 2.37. The summed E-state index contributed by atoms with van der Waals surface area (Å²) in [6.45, 7) is 4.93. The first kappa shape index (κ1) is 15.8. The topological polar surface area (TPSA) is 58.6 Å². The summed E-state index contributed by atoms with van der Waals surface area (Å²) in [7, 11) is 0. The van der Waals surface area contributed by atoms with Crippen molar-refractivity contribution in [3.05, 3.63) is 29.8 Å². The fraction of sp³-hybridized carbons (Fsp3) is 0.556. The number of imide groups is 1. The molecule has 0 bridgehead atoms. The van der Waals surface area contributed by atoms with Crippen molar-refractivity contribution in [2.45, 2.75) is 51.6 Å². The van der Waals surface area contributed by atoms with Gasteiger partial charge in [-0.2, -0.15) is 0 Å². The van der Waals surface area contributed by atoms with Crippen molar-refractivity contribution < 1.29 is 14.3 Å². The Morgan fingerprint density at radius 3 is 2.65 bits per heavy atom. The van der Waals surface area contributed by atoms with Gasteiger partial charge in [0.15, 0.2) is 0 Å². The lowest BCUT2D eigenvalue weighted by molar-refractivity contribution is -0.133. The number of urea groups is 1. The van der Waals surface area contributed by atoms with E-state index in [0.29, 0.717) is 12.5 Å². The standard InChI is InChI=1S/C18H24N2O3/c1-3-23-15-7-5-4-6-14(15)12-20-16(21)18(19-17(20)22)10-8-13(2)9-11-18/h4-7,13H,3,8-12H2,1-2H3,(H,19,22). The van der Waals surface area contributed by atoms with E-state index in [1.165, 1.54) is 4.90 Å². The van der Waals surface area contributed by atoms with Gasteiger partial charge < -0.3 is 10.1 Å². The molecule has 1 saturated heterocycles. The summed E-state index contributed by atoms with van der Waals surface area (Å²) in [5.74, 6) is 1.27. The molecule has 0 aromatic heterocycles. The summed E-state index contributed by atoms with van der Waals surface area (Å²) in [5, 5.41) is 2.96. The van der Waals surface area contributed by atoms with E-state index in [1.807, 2.05) is 31.2 Å². The van der Waals surface area contributed by atoms with Crippen LogP contribution in [0.4, 0.5) is 4.79 Å². The molecule has 3 amide bonds. The van der Waals surface area contributed by atoms with Crippen LogP contribution in [-0.2, 0) is 11.3 Å². The van der Waals surface area contributed by atoms with Crippen molar-refractivity contribution in [3.63, 3.8) is 0 Å². The average Bonchev–Trinajstić information content (AvgIpc) is 2.77. The second kappa shape index (κ2) is 6.22. The van der Waals surface area contributed by atoms with Gasteiger partial charge >= 0.3 is 6.03 Å². The van der Waals surface area contributed by atoms with Crippen LogP contribution in [0.15, 0.2) is 24.3 Å². The minimum absolute atomic E-state index is 0.0827. The van der Waals surface area contributed by atoms with Gasteiger partial charge in [0, 0.05) is 5.56 Å². The van der Waals surface area contributed by atoms with Gasteiger partial charge in [-0.25, -0.2) is 4.79 Å². The van der Waals surface area contributed by atoms with E-state index in [-0.39, 0.29) is 18.5 Å². The maximum absolute atomic E-state index is 12.9. The van der Waals surface area contributed by atoms with Crippen molar-refractivity contribution in [3.8, 4) is 5.75 Å². The van der Waals surface area contributed by atoms with E-state index < -0.39 is 5.54 Å². The third kappa shape index (κ3) is 2.92. The van der Waals surface area contributed by atoms with Crippen LogP contribution in [-0.4, -0.2) is 29.0 Å². The lowest BCUT2D eigenvalue weighted by Gasteiger charge is -2.33. The van der Waals surface area contributed by atoms with Crippen molar-refractivity contribution >= 4 is 11.9 Å². The molecule has 1 aliphatic carbocycles. The molecule has 124 valence electrons. The van der Waals surface area contributed by atoms with Gasteiger partial charge in [-0.15, -0.1) is 0 Å². The number of nitrogens with zero attached hydrogens (tertiary/aromatic N) is 1. The summed E-state index contributed by atoms with van der Waals surface area (Å²) in [6, 6.07) is 7.28. The zero-order valence-corrected chi connectivity index (χ0v) is 13.8. The fourth-order valence-electron chi connectivity index (χ4n) is 3.51. The maximum atomic E-state index is 12.9. The SMILES string of the molecule is CCOc1ccccc1CN1C(=O)NC2(CCC(C)CC2)C1=O. The summed E-state index contributed by atoms with van der Waals surface area (Å²) in [4.78, 5) is 26.6. The number of hydrogen-bond donors (Lipinski definition) is 1. The van der Waals surface area contributed by atoms with Crippen LogP contribution in [0.2, 0.25) is 0 Å². The van der Waals surface area contributed by atoms with Crippen molar-refractivity contribution in [1.82, 2.24) is 10.2 Å². The quantitative estimate of drug-likeness (QED) is 0.868. The summed E-state index contributed by atoms with van der Waals surface area (Å²) in [5.41, 5.74) is 0.184. The second-order valence-electron chi connectivity index (χ2n) is 6.63. The Kier molecular flexibility index (Phi) is 4.28. The molecule has 2 aliphatic rings. The molecule has 1 N–H and O–H groups in total. The molecular weight excluding hydrogens is 292 g/mol. The monoisotopic (exact) mass is 316 g/mol. The molecule has 0 radical (unpaired) electrons. The lowest BCUT2D eigenvalue weighted by atomic mass is 9.77. The predicted octanol–water partition coefficient (Wildman–Crippen LogP) is 3.09. The first-order valence-corrected chi connectivity index (χ1v) is 8.40. The van der Waals surface area contributed by atoms with Gasteiger partial charge in [0.2, 0.25) is 0 Å². The van der Waals surface area contributed by atoms with E-state index in [9.17, 15) is 9.59 Å². The molecule has 1 aromatic carbocycles. The zero-order valence-electron chi connectivity index (χ0n) is 13.8. The number of rotatable bonds is 4. The molecule has 0 unspecified atom stereocenters. The molecule has 1 saturated carbocycles. The first-order chi connectivity index (χ1) is 11.1. The van der Waals surface area contributed by atoms with Gasteiger partial charge in [-0.05, 0) is 44.6 Å². The van der Waals surface area contributed by atoms with E-state index in [1.54, 1.807) is 0 Å². The van der Waals surface area contributed by atoms with E-state index in [0.717, 1.165) is 37.0 Å². The highest BCUT2D eigenvalue weighted by atomic mass is 16.5. The van der Waals surface area contributed by atoms with Gasteiger partial charge in [0.05, 0.1) is 13.2 Å². The minimum Gasteiger partial charge on any atom is -0.494 e. The number of carbonyl (C=O) groups excluding carboxylic acids is 2. The highest BCUT2D eigenvalue weighted by molar-refractivity contribution is 6.07. The average molecular weight is 316 g/mol. The Bertz CT molecular complexity index is 606. The molecular formula is C18H24N2O3. The number of benzene rings is 1. The predicted molar refractivity (Wildman–Crippen MR) is 87.1 cm³/mol. The molecule has 23 heavy (non-hydrogen) atoms. The summed E-state index contributed by atoms with van der Waals surface area (Å²) < 4.78 is 5.60. The number of hydrogen-bond acceptors (Lipinski definition) is 3. The smallest absolute Gasteiger partial charge is 0.325 e. The number of nitrogens with one attached hydrogen (secondary N) is 1. The molecule has 1 heterocycles. The highest BCUT2D eigenvalue weighted by Gasteiger charge is 2.51. The van der Waals surface area contributed by atoms with Crippen LogP contribution < -0.4 is 10.1 Å². The molecule has 2 fully saturated rings. The van der Waals surface area contributed by atoms with Gasteiger partial charge in [-0.1, -0.05) is 25.1 Å². The van der Waals surface area contributed by atoms with E-state index >= 15 is 0 Å². The first-order valence-electron chi connectivity index (χ1n) is 8.40. The van der Waals surface area contributed by atoms with Crippen molar-refractivity contribution in [1.29, 1.82) is 0 Å².